The summed E-state index contributed by atoms with van der Waals surface area (Å²) in [5, 5.41) is 0.598. The highest BCUT2D eigenvalue weighted by atomic mass is 35.5. The number of carbonyl (C=O) groups excluding carboxylic acids is 3. The van der Waals surface area contributed by atoms with E-state index in [1.807, 2.05) is 30.9 Å². The number of aromatic amines is 1. The third-order valence-electron chi connectivity index (χ3n) is 5.79. The molecule has 2 heterocycles. The van der Waals surface area contributed by atoms with Crippen LogP contribution in [0, 0.1) is 6.92 Å². The Labute approximate surface area is 187 Å². The van der Waals surface area contributed by atoms with Crippen molar-refractivity contribution in [3.63, 3.8) is 0 Å². The quantitative estimate of drug-likeness (QED) is 0.544. The highest BCUT2D eigenvalue weighted by Gasteiger charge is 2.33. The fraction of sp³-hybridized carbons (Fsp3) is 0.435. The van der Waals surface area contributed by atoms with Crippen LogP contribution in [-0.2, 0) is 16.0 Å². The van der Waals surface area contributed by atoms with Crippen molar-refractivity contribution in [3.05, 3.63) is 57.4 Å². The van der Waals surface area contributed by atoms with Gasteiger partial charge in [-0.25, -0.2) is 4.79 Å². The number of H-pyrrole nitrogens is 1. The van der Waals surface area contributed by atoms with Crippen molar-refractivity contribution >= 4 is 29.3 Å². The number of hydrogen-bond donors (Lipinski definition) is 1. The molecule has 0 bridgehead atoms. The van der Waals surface area contributed by atoms with E-state index < -0.39 is 6.04 Å². The second-order valence-corrected chi connectivity index (χ2v) is 8.13. The number of methoxy groups -OCH3 is 1. The molecule has 1 aromatic carbocycles. The fourth-order valence-electron chi connectivity index (χ4n) is 4.28. The number of ether oxygens (including phenoxy) is 1. The van der Waals surface area contributed by atoms with E-state index in [0.29, 0.717) is 48.9 Å². The molecule has 31 heavy (non-hydrogen) atoms. The summed E-state index contributed by atoms with van der Waals surface area (Å²) in [6, 6.07) is 6.58. The summed E-state index contributed by atoms with van der Waals surface area (Å²) in [6.07, 6.45) is 0.598. The van der Waals surface area contributed by atoms with E-state index >= 15 is 0 Å². The third-order valence-corrected chi connectivity index (χ3v) is 6.04. The molecule has 2 aromatic rings. The molecule has 1 fully saturated rings. The lowest BCUT2D eigenvalue weighted by Crippen LogP contribution is -2.51. The van der Waals surface area contributed by atoms with Crippen LogP contribution < -0.4 is 0 Å². The van der Waals surface area contributed by atoms with Gasteiger partial charge in [-0.1, -0.05) is 30.7 Å². The van der Waals surface area contributed by atoms with Crippen molar-refractivity contribution < 1.29 is 19.1 Å². The van der Waals surface area contributed by atoms with Gasteiger partial charge < -0.3 is 14.6 Å². The summed E-state index contributed by atoms with van der Waals surface area (Å²) >= 11 is 5.99. The van der Waals surface area contributed by atoms with Crippen LogP contribution in [0.2, 0.25) is 5.02 Å². The molecule has 166 valence electrons. The van der Waals surface area contributed by atoms with Crippen molar-refractivity contribution in [1.82, 2.24) is 14.8 Å². The topological polar surface area (TPSA) is 82.7 Å². The lowest BCUT2D eigenvalue weighted by Gasteiger charge is -2.38. The fourth-order valence-corrected chi connectivity index (χ4v) is 4.41. The third kappa shape index (κ3) is 4.67. The second-order valence-electron chi connectivity index (χ2n) is 7.69. The molecule has 1 saturated heterocycles. The zero-order valence-corrected chi connectivity index (χ0v) is 19.1. The molecule has 0 spiro atoms. The Balaban J connectivity index is 1.77. The van der Waals surface area contributed by atoms with Crippen LogP contribution in [0.3, 0.4) is 0 Å². The number of nitrogens with one attached hydrogen (secondary N) is 1. The lowest BCUT2D eigenvalue weighted by molar-refractivity contribution is -0.148. The largest absolute Gasteiger partial charge is 0.468 e. The van der Waals surface area contributed by atoms with Crippen LogP contribution >= 0.6 is 11.6 Å². The minimum absolute atomic E-state index is 0.0432. The molecule has 0 saturated carbocycles. The van der Waals surface area contributed by atoms with E-state index in [9.17, 15) is 14.4 Å². The van der Waals surface area contributed by atoms with Gasteiger partial charge in [0.2, 0.25) is 0 Å². The average Bonchev–Trinajstić information content (AvgIpc) is 3.11. The van der Waals surface area contributed by atoms with E-state index in [4.69, 9.17) is 16.3 Å². The standard InChI is InChI=1S/C23H28ClN3O4/c1-5-18-19(15(3)28)14(2)25-20(18)22(29)27-12-10-26(11-13-27)21(23(30)31-4)16-6-8-17(24)9-7-16/h6-9,21,25H,5,10-13H2,1-4H3. The van der Waals surface area contributed by atoms with Gasteiger partial charge in [0.25, 0.3) is 5.91 Å². The molecule has 1 atom stereocenters. The first kappa shape index (κ1) is 23.0. The van der Waals surface area contributed by atoms with E-state index in [1.165, 1.54) is 14.0 Å². The van der Waals surface area contributed by atoms with Gasteiger partial charge in [-0.15, -0.1) is 0 Å². The van der Waals surface area contributed by atoms with E-state index in [2.05, 4.69) is 4.98 Å². The number of rotatable bonds is 6. The van der Waals surface area contributed by atoms with Crippen molar-refractivity contribution in [3.8, 4) is 0 Å². The Morgan fingerprint density at radius 2 is 1.74 bits per heavy atom. The molecule has 3 rings (SSSR count). The zero-order valence-electron chi connectivity index (χ0n) is 18.3. The van der Waals surface area contributed by atoms with Gasteiger partial charge in [0.15, 0.2) is 5.78 Å². The number of amides is 1. The zero-order chi connectivity index (χ0) is 22.7. The molecule has 0 radical (unpaired) electrons. The highest BCUT2D eigenvalue weighted by Crippen LogP contribution is 2.27. The Bertz CT molecular complexity index is 975. The number of benzene rings is 1. The maximum Gasteiger partial charge on any atom is 0.327 e. The molecule has 1 aliphatic heterocycles. The van der Waals surface area contributed by atoms with Crippen LogP contribution in [0.1, 0.15) is 57.6 Å². The van der Waals surface area contributed by atoms with Crippen LogP contribution in [0.5, 0.6) is 0 Å². The number of aryl methyl sites for hydroxylation is 1. The minimum atomic E-state index is -0.553. The first-order valence-electron chi connectivity index (χ1n) is 10.4. The van der Waals surface area contributed by atoms with Gasteiger partial charge in [0, 0.05) is 42.5 Å². The number of halogens is 1. The molecule has 1 N–H and O–H groups in total. The number of nitrogens with zero attached hydrogens (tertiary/aromatic N) is 2. The molecule has 1 amide bonds. The van der Waals surface area contributed by atoms with Gasteiger partial charge in [-0.3, -0.25) is 14.5 Å². The predicted molar refractivity (Wildman–Crippen MR) is 119 cm³/mol. The lowest BCUT2D eigenvalue weighted by atomic mass is 10.0. The monoisotopic (exact) mass is 445 g/mol. The summed E-state index contributed by atoms with van der Waals surface area (Å²) in [7, 11) is 1.37. The number of hydrogen-bond acceptors (Lipinski definition) is 5. The average molecular weight is 446 g/mol. The molecule has 7 nitrogen and oxygen atoms in total. The molecule has 1 aromatic heterocycles. The Morgan fingerprint density at radius 1 is 1.13 bits per heavy atom. The van der Waals surface area contributed by atoms with Gasteiger partial charge in [-0.2, -0.15) is 0 Å². The number of Topliss-reactive ketones (excluding diaryl/α,β-unsaturated/α-hetero) is 1. The number of carbonyl (C=O) groups is 3. The van der Waals surface area contributed by atoms with E-state index in [0.717, 1.165) is 16.8 Å². The highest BCUT2D eigenvalue weighted by molar-refractivity contribution is 6.30. The van der Waals surface area contributed by atoms with Gasteiger partial charge >= 0.3 is 5.97 Å². The van der Waals surface area contributed by atoms with E-state index in [1.54, 1.807) is 17.0 Å². The summed E-state index contributed by atoms with van der Waals surface area (Å²) in [5.74, 6) is -0.506. The second kappa shape index (κ2) is 9.66. The van der Waals surface area contributed by atoms with Crippen LogP contribution in [-0.4, -0.2) is 65.7 Å². The number of aromatic nitrogens is 1. The van der Waals surface area contributed by atoms with Crippen molar-refractivity contribution in [2.75, 3.05) is 33.3 Å². The smallest absolute Gasteiger partial charge is 0.327 e. The molecular formula is C23H28ClN3O4. The SMILES string of the molecule is CCc1c(C(=O)N2CCN(C(C(=O)OC)c3ccc(Cl)cc3)CC2)[nH]c(C)c1C(C)=O. The molecule has 1 aliphatic rings. The Kier molecular flexibility index (Phi) is 7.18. The molecular weight excluding hydrogens is 418 g/mol. The van der Waals surface area contributed by atoms with Gasteiger partial charge in [-0.05, 0) is 43.5 Å². The Morgan fingerprint density at radius 3 is 2.26 bits per heavy atom. The summed E-state index contributed by atoms with van der Waals surface area (Å²) < 4.78 is 5.03. The maximum absolute atomic E-state index is 13.2. The van der Waals surface area contributed by atoms with Crippen LogP contribution in [0.25, 0.3) is 0 Å². The summed E-state index contributed by atoms with van der Waals surface area (Å²) in [4.78, 5) is 44.6. The Hall–Kier alpha value is -2.64. The van der Waals surface area contributed by atoms with Gasteiger partial charge in [0.05, 0.1) is 7.11 Å². The summed E-state index contributed by atoms with van der Waals surface area (Å²) in [6.45, 7) is 7.26. The van der Waals surface area contributed by atoms with Crippen molar-refractivity contribution in [2.24, 2.45) is 0 Å². The van der Waals surface area contributed by atoms with Crippen molar-refractivity contribution in [1.29, 1.82) is 0 Å². The first-order valence-corrected chi connectivity index (χ1v) is 10.7. The summed E-state index contributed by atoms with van der Waals surface area (Å²) in [5.41, 5.74) is 3.39. The van der Waals surface area contributed by atoms with Crippen LogP contribution in [0.15, 0.2) is 24.3 Å². The van der Waals surface area contributed by atoms with Gasteiger partial charge in [0.1, 0.15) is 11.7 Å². The first-order chi connectivity index (χ1) is 14.8. The predicted octanol–water partition coefficient (Wildman–Crippen LogP) is 3.41. The number of ketones is 1. The normalized spacial score (nSPS) is 15.6. The molecule has 0 aliphatic carbocycles. The van der Waals surface area contributed by atoms with Crippen LogP contribution in [0.4, 0.5) is 0 Å². The maximum atomic E-state index is 13.2. The molecule has 8 heteroatoms. The molecule has 1 unspecified atom stereocenters. The van der Waals surface area contributed by atoms with E-state index in [-0.39, 0.29) is 17.7 Å². The number of piperazine rings is 1. The van der Waals surface area contributed by atoms with Crippen molar-refractivity contribution in [2.45, 2.75) is 33.2 Å². The number of esters is 1. The minimum Gasteiger partial charge on any atom is -0.468 e.